The highest BCUT2D eigenvalue weighted by Crippen LogP contribution is 2.07. The molecule has 1 rings (SSSR count). The second kappa shape index (κ2) is 5.48. The van der Waals surface area contributed by atoms with Crippen molar-refractivity contribution in [1.82, 2.24) is 9.47 Å². The summed E-state index contributed by atoms with van der Waals surface area (Å²) >= 11 is 0. The van der Waals surface area contributed by atoms with Crippen molar-refractivity contribution in [3.8, 4) is 0 Å². The van der Waals surface area contributed by atoms with E-state index in [4.69, 9.17) is 5.11 Å². The number of aryl methyl sites for hydroxylation is 1. The first kappa shape index (κ1) is 14.0. The van der Waals surface area contributed by atoms with Crippen LogP contribution in [0.2, 0.25) is 0 Å². The fourth-order valence-corrected chi connectivity index (χ4v) is 1.64. The van der Waals surface area contributed by atoms with Gasteiger partial charge in [-0.1, -0.05) is 6.92 Å². The van der Waals surface area contributed by atoms with E-state index in [1.807, 2.05) is 0 Å². The van der Waals surface area contributed by atoms with Crippen molar-refractivity contribution >= 4 is 11.9 Å². The quantitative estimate of drug-likeness (QED) is 0.837. The van der Waals surface area contributed by atoms with Gasteiger partial charge in [-0.2, -0.15) is 0 Å². The molecule has 0 aliphatic carbocycles. The van der Waals surface area contributed by atoms with Gasteiger partial charge in [0.1, 0.15) is 6.04 Å². The fourth-order valence-electron chi connectivity index (χ4n) is 1.64. The lowest BCUT2D eigenvalue weighted by Crippen LogP contribution is -2.42. The minimum Gasteiger partial charge on any atom is -0.480 e. The molecular formula is C12H16N2O4. The molecule has 0 aliphatic rings. The van der Waals surface area contributed by atoms with Crippen LogP contribution in [0.4, 0.5) is 0 Å². The third-order valence-corrected chi connectivity index (χ3v) is 2.81. The Bertz CT molecular complexity index is 521. The molecule has 6 heteroatoms. The molecule has 98 valence electrons. The summed E-state index contributed by atoms with van der Waals surface area (Å²) < 4.78 is 1.34. The monoisotopic (exact) mass is 252 g/mol. The molecule has 0 spiro atoms. The molecule has 18 heavy (non-hydrogen) atoms. The van der Waals surface area contributed by atoms with E-state index >= 15 is 0 Å². The van der Waals surface area contributed by atoms with Crippen LogP contribution >= 0.6 is 0 Å². The van der Waals surface area contributed by atoms with Crippen molar-refractivity contribution in [3.63, 3.8) is 0 Å². The van der Waals surface area contributed by atoms with Crippen LogP contribution in [0, 0.1) is 0 Å². The molecule has 0 aromatic carbocycles. The van der Waals surface area contributed by atoms with E-state index in [1.165, 1.54) is 29.9 Å². The Hall–Kier alpha value is -2.11. The van der Waals surface area contributed by atoms with Crippen LogP contribution < -0.4 is 5.56 Å². The summed E-state index contributed by atoms with van der Waals surface area (Å²) in [6.07, 6.45) is 1.79. The number of hydrogen-bond donors (Lipinski definition) is 1. The molecule has 1 unspecified atom stereocenters. The number of carboxylic acid groups (broad SMARTS) is 1. The molecule has 1 amide bonds. The number of carbonyl (C=O) groups excluding carboxylic acids is 1. The van der Waals surface area contributed by atoms with Gasteiger partial charge in [-0.25, -0.2) is 4.79 Å². The van der Waals surface area contributed by atoms with Gasteiger partial charge in [-0.3, -0.25) is 9.59 Å². The molecule has 1 heterocycles. The van der Waals surface area contributed by atoms with Gasteiger partial charge in [-0.05, 0) is 12.5 Å². The van der Waals surface area contributed by atoms with Crippen LogP contribution in [-0.4, -0.2) is 39.5 Å². The number of nitrogens with zero attached hydrogens (tertiary/aromatic N) is 2. The molecule has 1 N–H and O–H groups in total. The summed E-state index contributed by atoms with van der Waals surface area (Å²) in [5, 5.41) is 8.98. The molecule has 0 radical (unpaired) electrons. The highest BCUT2D eigenvalue weighted by molar-refractivity contribution is 5.96. The van der Waals surface area contributed by atoms with Crippen molar-refractivity contribution in [2.24, 2.45) is 7.05 Å². The third-order valence-electron chi connectivity index (χ3n) is 2.81. The van der Waals surface area contributed by atoms with Gasteiger partial charge in [0, 0.05) is 31.9 Å². The molecule has 0 aliphatic heterocycles. The van der Waals surface area contributed by atoms with Gasteiger partial charge in [0.05, 0.1) is 0 Å². The van der Waals surface area contributed by atoms with Crippen LogP contribution in [0.3, 0.4) is 0 Å². The first-order valence-electron chi connectivity index (χ1n) is 5.55. The summed E-state index contributed by atoms with van der Waals surface area (Å²) in [5.74, 6) is -1.53. The van der Waals surface area contributed by atoms with E-state index in [9.17, 15) is 14.4 Å². The molecule has 1 atom stereocenters. The summed E-state index contributed by atoms with van der Waals surface area (Å²) in [7, 11) is 2.99. The average Bonchev–Trinajstić information content (AvgIpc) is 2.32. The van der Waals surface area contributed by atoms with Crippen molar-refractivity contribution in [1.29, 1.82) is 0 Å². The van der Waals surface area contributed by atoms with Gasteiger partial charge >= 0.3 is 5.97 Å². The average molecular weight is 252 g/mol. The highest BCUT2D eigenvalue weighted by Gasteiger charge is 2.25. The Morgan fingerprint density at radius 1 is 1.50 bits per heavy atom. The van der Waals surface area contributed by atoms with Crippen molar-refractivity contribution < 1.29 is 14.7 Å². The standard InChI is InChI=1S/C12H16N2O4/c1-4-9(12(17)18)14(3)11(16)8-5-6-13(2)10(15)7-8/h5-7,9H,4H2,1-3H3,(H,17,18). The summed E-state index contributed by atoms with van der Waals surface area (Å²) in [4.78, 5) is 35.5. The zero-order valence-corrected chi connectivity index (χ0v) is 10.6. The Balaban J connectivity index is 3.02. The smallest absolute Gasteiger partial charge is 0.326 e. The van der Waals surface area contributed by atoms with Crippen LogP contribution in [0.5, 0.6) is 0 Å². The Labute approximate surface area is 104 Å². The normalized spacial score (nSPS) is 11.9. The highest BCUT2D eigenvalue weighted by atomic mass is 16.4. The lowest BCUT2D eigenvalue weighted by Gasteiger charge is -2.23. The van der Waals surface area contributed by atoms with E-state index in [-0.39, 0.29) is 11.1 Å². The Morgan fingerprint density at radius 2 is 2.11 bits per heavy atom. The second-order valence-corrected chi connectivity index (χ2v) is 4.04. The molecule has 0 bridgehead atoms. The van der Waals surface area contributed by atoms with Gasteiger partial charge in [0.2, 0.25) is 0 Å². The zero-order valence-electron chi connectivity index (χ0n) is 10.6. The van der Waals surface area contributed by atoms with Gasteiger partial charge in [0.15, 0.2) is 0 Å². The van der Waals surface area contributed by atoms with Crippen molar-refractivity contribution in [2.45, 2.75) is 19.4 Å². The Kier molecular flexibility index (Phi) is 4.25. The fraction of sp³-hybridized carbons (Fsp3) is 0.417. The number of amides is 1. The SMILES string of the molecule is CCC(C(=O)O)N(C)C(=O)c1ccn(C)c(=O)c1. The molecule has 6 nitrogen and oxygen atoms in total. The van der Waals surface area contributed by atoms with Crippen LogP contribution in [0.1, 0.15) is 23.7 Å². The van der Waals surface area contributed by atoms with E-state index < -0.39 is 17.9 Å². The maximum Gasteiger partial charge on any atom is 0.326 e. The number of carbonyl (C=O) groups is 2. The zero-order chi connectivity index (χ0) is 13.9. The molecular weight excluding hydrogens is 236 g/mol. The number of aliphatic carboxylic acids is 1. The number of likely N-dealkylation sites (N-methyl/N-ethyl adjacent to an activating group) is 1. The summed E-state index contributed by atoms with van der Waals surface area (Å²) in [6.45, 7) is 1.69. The molecule has 0 saturated heterocycles. The lowest BCUT2D eigenvalue weighted by molar-refractivity contribution is -0.142. The molecule has 0 fully saturated rings. The minimum absolute atomic E-state index is 0.195. The predicted octanol–water partition coefficient (Wildman–Crippen LogP) is 0.321. The van der Waals surface area contributed by atoms with Crippen LogP contribution in [0.25, 0.3) is 0 Å². The number of pyridine rings is 1. The third kappa shape index (κ3) is 2.77. The number of carboxylic acids is 1. The van der Waals surface area contributed by atoms with Gasteiger partial charge in [-0.15, -0.1) is 0 Å². The first-order chi connectivity index (χ1) is 8.38. The predicted molar refractivity (Wildman–Crippen MR) is 65.5 cm³/mol. The van der Waals surface area contributed by atoms with Gasteiger partial charge < -0.3 is 14.6 Å². The van der Waals surface area contributed by atoms with E-state index in [1.54, 1.807) is 14.0 Å². The van der Waals surface area contributed by atoms with Gasteiger partial charge in [0.25, 0.3) is 11.5 Å². The van der Waals surface area contributed by atoms with E-state index in [0.717, 1.165) is 4.90 Å². The van der Waals surface area contributed by atoms with Crippen LogP contribution in [-0.2, 0) is 11.8 Å². The number of aromatic nitrogens is 1. The maximum atomic E-state index is 12.0. The topological polar surface area (TPSA) is 79.6 Å². The maximum absolute atomic E-state index is 12.0. The second-order valence-electron chi connectivity index (χ2n) is 4.04. The molecule has 1 aromatic rings. The van der Waals surface area contributed by atoms with Crippen molar-refractivity contribution in [3.05, 3.63) is 34.2 Å². The minimum atomic E-state index is -1.06. The number of rotatable bonds is 4. The largest absolute Gasteiger partial charge is 0.480 e. The number of hydrogen-bond acceptors (Lipinski definition) is 3. The van der Waals surface area contributed by atoms with Crippen molar-refractivity contribution in [2.75, 3.05) is 7.05 Å². The van der Waals surface area contributed by atoms with E-state index in [2.05, 4.69) is 0 Å². The summed E-state index contributed by atoms with van der Waals surface area (Å²) in [5.41, 5.74) is -0.113. The lowest BCUT2D eigenvalue weighted by atomic mass is 10.1. The van der Waals surface area contributed by atoms with E-state index in [0.29, 0.717) is 6.42 Å². The Morgan fingerprint density at radius 3 is 2.56 bits per heavy atom. The molecule has 1 aromatic heterocycles. The molecule has 0 saturated carbocycles. The first-order valence-corrected chi connectivity index (χ1v) is 5.55. The summed E-state index contributed by atoms with van der Waals surface area (Å²) in [6, 6.07) is 1.81. The van der Waals surface area contributed by atoms with Crippen LogP contribution in [0.15, 0.2) is 23.1 Å².